The molecule has 0 fully saturated rings. The molecule has 1 aromatic rings. The minimum Gasteiger partial charge on any atom is -0.508 e. The maximum atomic E-state index is 8.63. The highest BCUT2D eigenvalue weighted by atomic mass is 79.9. The first-order valence-corrected chi connectivity index (χ1v) is 2.13. The smallest absolute Gasteiger partial charge is 0.115 e. The van der Waals surface area contributed by atoms with E-state index in [1.807, 2.05) is 6.07 Å². The Morgan fingerprint density at radius 2 is 1.33 bits per heavy atom. The summed E-state index contributed by atoms with van der Waals surface area (Å²) >= 11 is 0. The van der Waals surface area contributed by atoms with Gasteiger partial charge in [0, 0.05) is 0 Å². The molecule has 0 unspecified atom stereocenters. The van der Waals surface area contributed by atoms with Gasteiger partial charge in [-0.15, -0.1) is 34.0 Å². The summed E-state index contributed by atoms with van der Waals surface area (Å²) in [5.74, 6) is 0.322. The molecule has 1 nitrogen and oxygen atoms in total. The van der Waals surface area contributed by atoms with E-state index in [4.69, 9.17) is 5.11 Å². The first-order chi connectivity index (χ1) is 3.39. The molecule has 0 atom stereocenters. The Labute approximate surface area is 75.3 Å². The van der Waals surface area contributed by atoms with Crippen molar-refractivity contribution in [3.05, 3.63) is 30.3 Å². The van der Waals surface area contributed by atoms with Crippen molar-refractivity contribution >= 4 is 34.0 Å². The summed E-state index contributed by atoms with van der Waals surface area (Å²) in [5, 5.41) is 8.63. The number of hydrogen-bond donors (Lipinski definition) is 1. The summed E-state index contributed by atoms with van der Waals surface area (Å²) in [6, 6.07) is 8.71. The lowest BCUT2D eigenvalue weighted by molar-refractivity contribution is 0.475. The van der Waals surface area contributed by atoms with Crippen LogP contribution in [0.25, 0.3) is 0 Å². The molecule has 3 heteroatoms. The highest BCUT2D eigenvalue weighted by molar-refractivity contribution is 8.93. The molecule has 0 radical (unpaired) electrons. The molecule has 9 heavy (non-hydrogen) atoms. The SMILES string of the molecule is Br.Br.Oc1ccccc1. The van der Waals surface area contributed by atoms with Gasteiger partial charge in [-0.1, -0.05) is 18.2 Å². The Hall–Kier alpha value is -0.0200. The zero-order chi connectivity index (χ0) is 5.11. The Morgan fingerprint density at radius 3 is 1.56 bits per heavy atom. The predicted octanol–water partition coefficient (Wildman–Crippen LogP) is 2.55. The number of benzene rings is 1. The molecule has 0 bridgehead atoms. The third kappa shape index (κ3) is 4.48. The van der Waals surface area contributed by atoms with E-state index < -0.39 is 0 Å². The molecule has 1 aromatic carbocycles. The van der Waals surface area contributed by atoms with E-state index in [-0.39, 0.29) is 34.0 Å². The van der Waals surface area contributed by atoms with Crippen LogP contribution in [0.4, 0.5) is 0 Å². The molecule has 0 aromatic heterocycles. The number of hydrogen-bond acceptors (Lipinski definition) is 1. The van der Waals surface area contributed by atoms with Crippen molar-refractivity contribution in [1.82, 2.24) is 0 Å². The molecule has 0 heterocycles. The monoisotopic (exact) mass is 254 g/mol. The normalized spacial score (nSPS) is 6.67. The van der Waals surface area contributed by atoms with Gasteiger partial charge in [-0.05, 0) is 12.1 Å². The summed E-state index contributed by atoms with van der Waals surface area (Å²) in [6.45, 7) is 0. The number of phenols is 1. The van der Waals surface area contributed by atoms with Crippen LogP contribution in [0.3, 0.4) is 0 Å². The van der Waals surface area contributed by atoms with E-state index in [1.54, 1.807) is 24.3 Å². The third-order valence-corrected chi connectivity index (χ3v) is 0.756. The Morgan fingerprint density at radius 1 is 0.889 bits per heavy atom. The van der Waals surface area contributed by atoms with Crippen molar-refractivity contribution in [3.8, 4) is 5.75 Å². The van der Waals surface area contributed by atoms with Gasteiger partial charge in [0.1, 0.15) is 5.75 Å². The van der Waals surface area contributed by atoms with Crippen molar-refractivity contribution in [2.45, 2.75) is 0 Å². The molecule has 0 saturated heterocycles. The maximum absolute atomic E-state index is 8.63. The molecule has 0 amide bonds. The summed E-state index contributed by atoms with van der Waals surface area (Å²) in [4.78, 5) is 0. The van der Waals surface area contributed by atoms with Crippen LogP contribution in [0.15, 0.2) is 30.3 Å². The van der Waals surface area contributed by atoms with Gasteiger partial charge in [0.25, 0.3) is 0 Å². The van der Waals surface area contributed by atoms with Gasteiger partial charge in [-0.2, -0.15) is 0 Å². The zero-order valence-corrected chi connectivity index (χ0v) is 8.08. The molecule has 0 saturated carbocycles. The van der Waals surface area contributed by atoms with E-state index >= 15 is 0 Å². The number of halogens is 2. The zero-order valence-electron chi connectivity index (χ0n) is 4.65. The fourth-order valence-corrected chi connectivity index (χ4v) is 0.428. The van der Waals surface area contributed by atoms with Crippen LogP contribution in [0.1, 0.15) is 0 Å². The minimum absolute atomic E-state index is 0. The van der Waals surface area contributed by atoms with Crippen LogP contribution < -0.4 is 0 Å². The summed E-state index contributed by atoms with van der Waals surface area (Å²) in [7, 11) is 0. The molecule has 0 aliphatic heterocycles. The van der Waals surface area contributed by atoms with Crippen LogP contribution in [0.5, 0.6) is 5.75 Å². The van der Waals surface area contributed by atoms with Crippen LogP contribution in [0.2, 0.25) is 0 Å². The molecule has 52 valence electrons. The largest absolute Gasteiger partial charge is 0.508 e. The van der Waals surface area contributed by atoms with Gasteiger partial charge in [0.2, 0.25) is 0 Å². The Bertz CT molecular complexity index is 141. The lowest BCUT2D eigenvalue weighted by atomic mass is 10.3. The van der Waals surface area contributed by atoms with Gasteiger partial charge < -0.3 is 5.11 Å². The molecule has 1 N–H and O–H groups in total. The highest BCUT2D eigenvalue weighted by Crippen LogP contribution is 2.02. The van der Waals surface area contributed by atoms with E-state index in [9.17, 15) is 0 Å². The van der Waals surface area contributed by atoms with E-state index in [2.05, 4.69) is 0 Å². The highest BCUT2D eigenvalue weighted by Gasteiger charge is 1.74. The number of para-hydroxylation sites is 1. The molecule has 1 rings (SSSR count). The van der Waals surface area contributed by atoms with Crippen molar-refractivity contribution in [2.24, 2.45) is 0 Å². The summed E-state index contributed by atoms with van der Waals surface area (Å²) in [5.41, 5.74) is 0. The van der Waals surface area contributed by atoms with Gasteiger partial charge in [0.05, 0.1) is 0 Å². The fourth-order valence-electron chi connectivity index (χ4n) is 0.428. The van der Waals surface area contributed by atoms with E-state index in [1.165, 1.54) is 0 Å². The average Bonchev–Trinajstić information content (AvgIpc) is 1.69. The number of rotatable bonds is 0. The van der Waals surface area contributed by atoms with Crippen molar-refractivity contribution < 1.29 is 5.11 Å². The molecular formula is C6H8Br2O. The van der Waals surface area contributed by atoms with Gasteiger partial charge in [0.15, 0.2) is 0 Å². The second kappa shape index (κ2) is 6.11. The second-order valence-corrected chi connectivity index (χ2v) is 1.34. The van der Waals surface area contributed by atoms with Gasteiger partial charge in [-0.25, -0.2) is 0 Å². The van der Waals surface area contributed by atoms with Gasteiger partial charge >= 0.3 is 0 Å². The predicted molar refractivity (Wildman–Crippen MR) is 48.8 cm³/mol. The second-order valence-electron chi connectivity index (χ2n) is 1.34. The van der Waals surface area contributed by atoms with Crippen molar-refractivity contribution in [3.63, 3.8) is 0 Å². The quantitative estimate of drug-likeness (QED) is 0.756. The van der Waals surface area contributed by atoms with E-state index in [0.29, 0.717) is 5.75 Å². The molecule has 0 aliphatic rings. The first-order valence-electron chi connectivity index (χ1n) is 2.13. The molecular weight excluding hydrogens is 248 g/mol. The Kier molecular flexibility index (Phi) is 7.96. The van der Waals surface area contributed by atoms with Gasteiger partial charge in [-0.3, -0.25) is 0 Å². The average molecular weight is 256 g/mol. The lowest BCUT2D eigenvalue weighted by Crippen LogP contribution is -1.56. The van der Waals surface area contributed by atoms with Crippen LogP contribution in [-0.2, 0) is 0 Å². The van der Waals surface area contributed by atoms with E-state index in [0.717, 1.165) is 0 Å². The topological polar surface area (TPSA) is 20.2 Å². The minimum atomic E-state index is 0. The molecule has 0 spiro atoms. The molecule has 0 aliphatic carbocycles. The number of phenolic OH excluding ortho intramolecular Hbond substituents is 1. The van der Waals surface area contributed by atoms with Crippen molar-refractivity contribution in [2.75, 3.05) is 0 Å². The van der Waals surface area contributed by atoms with Crippen LogP contribution in [0, 0.1) is 0 Å². The Balaban J connectivity index is 0. The fraction of sp³-hybridized carbons (Fsp3) is 0. The van der Waals surface area contributed by atoms with Crippen molar-refractivity contribution in [1.29, 1.82) is 0 Å². The summed E-state index contributed by atoms with van der Waals surface area (Å²) < 4.78 is 0. The standard InChI is InChI=1S/C6H6O.2BrH/c7-6-4-2-1-3-5-6;;/h1-5,7H;2*1H. The van der Waals surface area contributed by atoms with Crippen LogP contribution >= 0.6 is 34.0 Å². The summed E-state index contributed by atoms with van der Waals surface area (Å²) in [6.07, 6.45) is 0. The number of aromatic hydroxyl groups is 1. The van der Waals surface area contributed by atoms with Crippen LogP contribution in [-0.4, -0.2) is 5.11 Å². The maximum Gasteiger partial charge on any atom is 0.115 e. The third-order valence-electron chi connectivity index (χ3n) is 0.756. The lowest BCUT2D eigenvalue weighted by Gasteiger charge is -1.82. The first kappa shape index (κ1) is 11.7.